The average molecular weight is 299 g/mol. The van der Waals surface area contributed by atoms with Gasteiger partial charge >= 0.3 is 6.18 Å². The molecule has 0 amide bonds. The van der Waals surface area contributed by atoms with Gasteiger partial charge in [-0.15, -0.1) is 11.3 Å². The molecule has 7 heteroatoms. The monoisotopic (exact) mass is 298 g/mol. The van der Waals surface area contributed by atoms with Gasteiger partial charge in [0, 0.05) is 12.6 Å². The van der Waals surface area contributed by atoms with Crippen LogP contribution in [0, 0.1) is 5.92 Å². The number of alkyl halides is 3. The first kappa shape index (κ1) is 14.1. The van der Waals surface area contributed by atoms with Crippen molar-refractivity contribution in [1.82, 2.24) is 10.3 Å². The highest BCUT2D eigenvalue weighted by Gasteiger charge is 2.41. The summed E-state index contributed by atoms with van der Waals surface area (Å²) in [5.74, 6) is -1.16. The zero-order valence-electron chi connectivity index (χ0n) is 9.63. The van der Waals surface area contributed by atoms with Crippen molar-refractivity contribution in [2.45, 2.75) is 44.4 Å². The number of nitrogens with one attached hydrogen (secondary N) is 1. The highest BCUT2D eigenvalue weighted by Crippen LogP contribution is 2.37. The summed E-state index contributed by atoms with van der Waals surface area (Å²) < 4.78 is 38.5. The zero-order valence-corrected chi connectivity index (χ0v) is 11.2. The molecule has 1 aliphatic carbocycles. The highest BCUT2D eigenvalue weighted by atomic mass is 35.5. The van der Waals surface area contributed by atoms with Crippen molar-refractivity contribution in [3.63, 3.8) is 0 Å². The van der Waals surface area contributed by atoms with Crippen LogP contribution in [0.2, 0.25) is 4.34 Å². The molecule has 2 rings (SSSR count). The number of hydrogen-bond acceptors (Lipinski definition) is 3. The Morgan fingerprint density at radius 2 is 2.22 bits per heavy atom. The van der Waals surface area contributed by atoms with Crippen LogP contribution in [0.5, 0.6) is 0 Å². The van der Waals surface area contributed by atoms with E-state index in [1.165, 1.54) is 11.3 Å². The summed E-state index contributed by atoms with van der Waals surface area (Å²) in [5, 5.41) is 3.96. The Morgan fingerprint density at radius 1 is 1.44 bits per heavy atom. The molecule has 102 valence electrons. The van der Waals surface area contributed by atoms with E-state index in [4.69, 9.17) is 11.6 Å². The lowest BCUT2D eigenvalue weighted by Crippen LogP contribution is -2.38. The van der Waals surface area contributed by atoms with Crippen molar-refractivity contribution in [3.05, 3.63) is 15.5 Å². The number of thiazole rings is 1. The van der Waals surface area contributed by atoms with Crippen molar-refractivity contribution in [3.8, 4) is 0 Å². The van der Waals surface area contributed by atoms with E-state index in [0.29, 0.717) is 17.3 Å². The lowest BCUT2D eigenvalue weighted by atomic mass is 9.85. The zero-order chi connectivity index (χ0) is 13.2. The lowest BCUT2D eigenvalue weighted by Gasteiger charge is -2.30. The second-order valence-electron chi connectivity index (χ2n) is 4.54. The Kier molecular flexibility index (Phi) is 4.50. The highest BCUT2D eigenvalue weighted by molar-refractivity contribution is 7.15. The summed E-state index contributed by atoms with van der Waals surface area (Å²) >= 11 is 7.10. The van der Waals surface area contributed by atoms with Crippen molar-refractivity contribution in [2.75, 3.05) is 0 Å². The first-order valence-electron chi connectivity index (χ1n) is 5.85. The number of nitrogens with zero attached hydrogens (tertiary/aromatic N) is 1. The van der Waals surface area contributed by atoms with Gasteiger partial charge in [0.1, 0.15) is 9.34 Å². The summed E-state index contributed by atoms with van der Waals surface area (Å²) in [6, 6.07) is -0.0759. The predicted molar refractivity (Wildman–Crippen MR) is 65.8 cm³/mol. The molecule has 0 bridgehead atoms. The molecule has 1 aromatic rings. The molecular weight excluding hydrogens is 285 g/mol. The van der Waals surface area contributed by atoms with Crippen molar-refractivity contribution < 1.29 is 13.2 Å². The van der Waals surface area contributed by atoms with Gasteiger partial charge in [-0.3, -0.25) is 0 Å². The van der Waals surface area contributed by atoms with Crippen LogP contribution in [0.4, 0.5) is 13.2 Å². The minimum absolute atomic E-state index is 0.0759. The summed E-state index contributed by atoms with van der Waals surface area (Å²) in [4.78, 5) is 4.07. The first-order valence-corrected chi connectivity index (χ1v) is 7.05. The van der Waals surface area contributed by atoms with E-state index in [-0.39, 0.29) is 18.9 Å². The first-order chi connectivity index (χ1) is 8.45. The summed E-state index contributed by atoms with van der Waals surface area (Å²) in [7, 11) is 0. The normalized spacial score (nSPS) is 25.3. The quantitative estimate of drug-likeness (QED) is 0.912. The number of aromatic nitrogens is 1. The number of hydrogen-bond donors (Lipinski definition) is 1. The summed E-state index contributed by atoms with van der Waals surface area (Å²) in [5.41, 5.74) is 0. The third kappa shape index (κ3) is 3.83. The van der Waals surface area contributed by atoms with E-state index in [1.807, 2.05) is 0 Å². The third-order valence-electron chi connectivity index (χ3n) is 3.20. The van der Waals surface area contributed by atoms with E-state index in [9.17, 15) is 13.2 Å². The van der Waals surface area contributed by atoms with Crippen LogP contribution in [0.1, 0.15) is 30.7 Å². The van der Waals surface area contributed by atoms with Crippen molar-refractivity contribution in [2.24, 2.45) is 5.92 Å². The number of rotatable bonds is 3. The van der Waals surface area contributed by atoms with Gasteiger partial charge in [-0.1, -0.05) is 18.0 Å². The topological polar surface area (TPSA) is 24.9 Å². The van der Waals surface area contributed by atoms with Gasteiger partial charge in [-0.25, -0.2) is 4.98 Å². The minimum atomic E-state index is -4.06. The van der Waals surface area contributed by atoms with E-state index in [1.54, 1.807) is 6.20 Å². The van der Waals surface area contributed by atoms with E-state index >= 15 is 0 Å². The maximum absolute atomic E-state index is 12.6. The van der Waals surface area contributed by atoms with Crippen molar-refractivity contribution in [1.29, 1.82) is 0 Å². The molecule has 1 N–H and O–H groups in total. The van der Waals surface area contributed by atoms with Crippen LogP contribution in [0.25, 0.3) is 0 Å². The van der Waals surface area contributed by atoms with Gasteiger partial charge in [-0.2, -0.15) is 13.2 Å². The maximum Gasteiger partial charge on any atom is 0.391 e. The molecule has 2 nitrogen and oxygen atoms in total. The van der Waals surface area contributed by atoms with Crippen LogP contribution in [-0.4, -0.2) is 17.2 Å². The van der Waals surface area contributed by atoms with Crippen LogP contribution in [-0.2, 0) is 6.54 Å². The molecule has 1 fully saturated rings. The Labute approximate surface area is 113 Å². The smallest absolute Gasteiger partial charge is 0.308 e. The maximum atomic E-state index is 12.6. The molecule has 1 saturated carbocycles. The molecule has 1 aromatic heterocycles. The molecule has 2 unspecified atom stereocenters. The average Bonchev–Trinajstić information content (AvgIpc) is 2.72. The third-order valence-corrected chi connectivity index (χ3v) is 4.32. The SMILES string of the molecule is FC(F)(F)C1CCCC(NCc2ncc(Cl)s2)C1. The molecule has 1 aliphatic rings. The molecule has 0 spiro atoms. The van der Waals surface area contributed by atoms with E-state index in [2.05, 4.69) is 10.3 Å². The van der Waals surface area contributed by atoms with Crippen molar-refractivity contribution >= 4 is 22.9 Å². The Hall–Kier alpha value is -0.330. The van der Waals surface area contributed by atoms with Crippen LogP contribution in [0.3, 0.4) is 0 Å². The molecule has 0 saturated heterocycles. The Balaban J connectivity index is 1.83. The predicted octanol–water partition coefficient (Wildman–Crippen LogP) is 4.01. The lowest BCUT2D eigenvalue weighted by molar-refractivity contribution is -0.183. The second kappa shape index (κ2) is 5.75. The van der Waals surface area contributed by atoms with Gasteiger partial charge in [0.05, 0.1) is 12.1 Å². The summed E-state index contributed by atoms with van der Waals surface area (Å²) in [6.07, 6.45) is -0.660. The van der Waals surface area contributed by atoms with Gasteiger partial charge in [0.25, 0.3) is 0 Å². The fraction of sp³-hybridized carbons (Fsp3) is 0.727. The fourth-order valence-electron chi connectivity index (χ4n) is 2.27. The molecule has 0 aromatic carbocycles. The van der Waals surface area contributed by atoms with Crippen LogP contribution in [0.15, 0.2) is 6.20 Å². The van der Waals surface area contributed by atoms with Gasteiger partial charge in [-0.05, 0) is 19.3 Å². The van der Waals surface area contributed by atoms with Crippen LogP contribution >= 0.6 is 22.9 Å². The van der Waals surface area contributed by atoms with Gasteiger partial charge < -0.3 is 5.32 Å². The standard InChI is InChI=1S/C11H14ClF3N2S/c12-9-5-17-10(18-9)6-16-8-3-1-2-7(4-8)11(13,14)15/h5,7-8,16H,1-4,6H2. The van der Waals surface area contributed by atoms with Gasteiger partial charge in [0.2, 0.25) is 0 Å². The Bertz CT molecular complexity index is 394. The second-order valence-corrected chi connectivity index (χ2v) is 6.29. The molecule has 0 aliphatic heterocycles. The van der Waals surface area contributed by atoms with Crippen LogP contribution < -0.4 is 5.32 Å². The molecular formula is C11H14ClF3N2S. The molecule has 1 heterocycles. The van der Waals surface area contributed by atoms with Gasteiger partial charge in [0.15, 0.2) is 0 Å². The van der Waals surface area contributed by atoms with E-state index in [0.717, 1.165) is 11.4 Å². The fourth-order valence-corrected chi connectivity index (χ4v) is 3.18. The largest absolute Gasteiger partial charge is 0.391 e. The minimum Gasteiger partial charge on any atom is -0.308 e. The molecule has 18 heavy (non-hydrogen) atoms. The summed E-state index contributed by atoms with van der Waals surface area (Å²) in [6.45, 7) is 0.493. The molecule has 2 atom stereocenters. The molecule has 0 radical (unpaired) electrons. The Morgan fingerprint density at radius 3 is 2.83 bits per heavy atom. The number of halogens is 4. The van der Waals surface area contributed by atoms with E-state index < -0.39 is 12.1 Å².